The maximum Gasteiger partial charge on any atom is 0.251 e. The molecular formula is C15H19N3O2S. The van der Waals surface area contributed by atoms with Crippen LogP contribution < -0.4 is 16.0 Å². The number of nitrogens with one attached hydrogen (secondary N) is 1. The first-order valence-corrected chi connectivity index (χ1v) is 7.74. The molecule has 0 fully saturated rings. The molecule has 0 aliphatic carbocycles. The number of H-pyrrole nitrogens is 1. The van der Waals surface area contributed by atoms with Crippen molar-refractivity contribution in [2.24, 2.45) is 0 Å². The fourth-order valence-electron chi connectivity index (χ4n) is 1.89. The van der Waals surface area contributed by atoms with Crippen molar-refractivity contribution in [2.75, 3.05) is 12.3 Å². The molecule has 1 aromatic heterocycles. The molecule has 0 atom stereocenters. The minimum atomic E-state index is -0.128. The Balaban J connectivity index is 2.25. The van der Waals surface area contributed by atoms with E-state index in [1.165, 1.54) is 11.8 Å². The Morgan fingerprint density at radius 3 is 2.86 bits per heavy atom. The second kappa shape index (κ2) is 7.17. The lowest BCUT2D eigenvalue weighted by molar-refractivity contribution is 0.341. The smallest absolute Gasteiger partial charge is 0.251 e. The molecule has 21 heavy (non-hydrogen) atoms. The van der Waals surface area contributed by atoms with Crippen molar-refractivity contribution in [1.82, 2.24) is 9.97 Å². The van der Waals surface area contributed by atoms with Crippen molar-refractivity contribution in [1.29, 1.82) is 0 Å². The lowest BCUT2D eigenvalue weighted by atomic mass is 10.2. The van der Waals surface area contributed by atoms with Gasteiger partial charge in [-0.3, -0.25) is 4.79 Å². The van der Waals surface area contributed by atoms with E-state index in [-0.39, 0.29) is 5.56 Å². The first kappa shape index (κ1) is 15.4. The van der Waals surface area contributed by atoms with E-state index >= 15 is 0 Å². The molecule has 2 aromatic rings. The van der Waals surface area contributed by atoms with Gasteiger partial charge in [0, 0.05) is 16.7 Å². The second-order valence-corrected chi connectivity index (χ2v) is 5.59. The third kappa shape index (κ3) is 4.26. The summed E-state index contributed by atoms with van der Waals surface area (Å²) >= 11 is 1.39. The highest BCUT2D eigenvalue weighted by molar-refractivity contribution is 7.99. The molecule has 1 heterocycles. The highest BCUT2D eigenvalue weighted by Crippen LogP contribution is 2.31. The van der Waals surface area contributed by atoms with Crippen LogP contribution in [-0.4, -0.2) is 16.6 Å². The molecule has 6 heteroatoms. The summed E-state index contributed by atoms with van der Waals surface area (Å²) < 4.78 is 5.47. The maximum absolute atomic E-state index is 11.6. The summed E-state index contributed by atoms with van der Waals surface area (Å²) in [4.78, 5) is 19.8. The summed E-state index contributed by atoms with van der Waals surface area (Å²) in [6.45, 7) is 4.52. The fraction of sp³-hybridized carbons (Fsp3) is 0.333. The summed E-state index contributed by atoms with van der Waals surface area (Å²) in [6, 6.07) is 7.08. The van der Waals surface area contributed by atoms with E-state index in [1.54, 1.807) is 12.1 Å². The molecule has 0 radical (unpaired) electrons. The Hall–Kier alpha value is -1.95. The van der Waals surface area contributed by atoms with Gasteiger partial charge in [0.25, 0.3) is 5.56 Å². The van der Waals surface area contributed by atoms with Gasteiger partial charge in [0.15, 0.2) is 5.16 Å². The Kier molecular flexibility index (Phi) is 5.27. The van der Waals surface area contributed by atoms with E-state index in [1.807, 2.05) is 19.1 Å². The minimum absolute atomic E-state index is 0.128. The van der Waals surface area contributed by atoms with E-state index in [9.17, 15) is 4.79 Å². The zero-order valence-corrected chi connectivity index (χ0v) is 13.0. The van der Waals surface area contributed by atoms with E-state index in [0.717, 1.165) is 23.4 Å². The third-order valence-electron chi connectivity index (χ3n) is 2.78. The van der Waals surface area contributed by atoms with Gasteiger partial charge in [0.2, 0.25) is 0 Å². The Labute approximate surface area is 127 Å². The number of anilines is 1. The molecule has 0 unspecified atom stereocenters. The molecule has 0 spiro atoms. The Bertz CT molecular complexity index is 670. The zero-order valence-electron chi connectivity index (χ0n) is 12.2. The summed E-state index contributed by atoms with van der Waals surface area (Å²) in [5, 5.41) is 0.582. The van der Waals surface area contributed by atoms with E-state index in [4.69, 9.17) is 10.5 Å². The van der Waals surface area contributed by atoms with Gasteiger partial charge < -0.3 is 15.5 Å². The average molecular weight is 305 g/mol. The van der Waals surface area contributed by atoms with Gasteiger partial charge in [-0.25, -0.2) is 4.98 Å². The van der Waals surface area contributed by atoms with Gasteiger partial charge in [0.1, 0.15) is 5.75 Å². The van der Waals surface area contributed by atoms with Gasteiger partial charge in [-0.05, 0) is 31.5 Å². The number of benzene rings is 1. The average Bonchev–Trinajstić information content (AvgIpc) is 2.42. The molecular weight excluding hydrogens is 286 g/mol. The molecule has 0 aliphatic rings. The number of aromatic nitrogens is 2. The summed E-state index contributed by atoms with van der Waals surface area (Å²) in [5.41, 5.74) is 7.13. The molecule has 1 aromatic carbocycles. The highest BCUT2D eigenvalue weighted by atomic mass is 32.2. The van der Waals surface area contributed by atoms with Crippen molar-refractivity contribution in [3.8, 4) is 5.75 Å². The normalized spacial score (nSPS) is 10.6. The highest BCUT2D eigenvalue weighted by Gasteiger charge is 2.06. The number of nitrogens with two attached hydrogens (primary N) is 1. The predicted octanol–water partition coefficient (Wildman–Crippen LogP) is 2.85. The summed E-state index contributed by atoms with van der Waals surface area (Å²) in [5.74, 6) is 0.648. The van der Waals surface area contributed by atoms with Gasteiger partial charge >= 0.3 is 0 Å². The van der Waals surface area contributed by atoms with Crippen LogP contribution in [0.2, 0.25) is 0 Å². The molecule has 3 N–H and O–H groups in total. The molecule has 0 amide bonds. The van der Waals surface area contributed by atoms with Crippen LogP contribution in [0.25, 0.3) is 0 Å². The van der Waals surface area contributed by atoms with Gasteiger partial charge in [-0.2, -0.15) is 0 Å². The lowest BCUT2D eigenvalue weighted by Crippen LogP contribution is -2.09. The van der Waals surface area contributed by atoms with E-state index in [2.05, 4.69) is 16.9 Å². The molecule has 0 saturated heterocycles. The van der Waals surface area contributed by atoms with Gasteiger partial charge in [0.05, 0.1) is 12.3 Å². The quantitative estimate of drug-likeness (QED) is 0.633. The molecule has 0 aliphatic heterocycles. The van der Waals surface area contributed by atoms with Crippen LogP contribution in [0.4, 0.5) is 5.69 Å². The monoisotopic (exact) mass is 305 g/mol. The second-order valence-electron chi connectivity index (χ2n) is 4.53. The Morgan fingerprint density at radius 2 is 2.14 bits per heavy atom. The summed E-state index contributed by atoms with van der Waals surface area (Å²) in [6.07, 6.45) is 1.75. The number of ether oxygens (including phenoxy) is 1. The first-order chi connectivity index (χ1) is 10.1. The number of hydrogen-bond acceptors (Lipinski definition) is 5. The van der Waals surface area contributed by atoms with Crippen LogP contribution in [-0.2, 0) is 6.42 Å². The number of hydrogen-bond donors (Lipinski definition) is 2. The van der Waals surface area contributed by atoms with Crippen LogP contribution in [0, 0.1) is 0 Å². The van der Waals surface area contributed by atoms with Crippen LogP contribution >= 0.6 is 11.8 Å². The molecule has 2 rings (SSSR count). The number of rotatable bonds is 6. The molecule has 5 nitrogen and oxygen atoms in total. The summed E-state index contributed by atoms with van der Waals surface area (Å²) in [7, 11) is 0. The van der Waals surface area contributed by atoms with Crippen molar-refractivity contribution >= 4 is 17.4 Å². The molecule has 112 valence electrons. The lowest BCUT2D eigenvalue weighted by Gasteiger charge is -2.09. The van der Waals surface area contributed by atoms with Crippen LogP contribution in [0.5, 0.6) is 5.75 Å². The van der Waals surface area contributed by atoms with E-state index < -0.39 is 0 Å². The number of aryl methyl sites for hydroxylation is 1. The Morgan fingerprint density at radius 1 is 1.33 bits per heavy atom. The fourth-order valence-corrected chi connectivity index (χ4v) is 2.73. The first-order valence-electron chi connectivity index (χ1n) is 6.92. The molecule has 0 bridgehead atoms. The van der Waals surface area contributed by atoms with Gasteiger partial charge in [-0.1, -0.05) is 25.1 Å². The predicted molar refractivity (Wildman–Crippen MR) is 85.0 cm³/mol. The topological polar surface area (TPSA) is 81.0 Å². The molecule has 0 saturated carbocycles. The maximum atomic E-state index is 11.6. The largest absolute Gasteiger partial charge is 0.492 e. The number of nitrogens with zero attached hydrogens (tertiary/aromatic N) is 1. The van der Waals surface area contributed by atoms with Crippen LogP contribution in [0.1, 0.15) is 26.0 Å². The van der Waals surface area contributed by atoms with Crippen molar-refractivity contribution in [3.63, 3.8) is 0 Å². The van der Waals surface area contributed by atoms with Crippen LogP contribution in [0.15, 0.2) is 39.1 Å². The minimum Gasteiger partial charge on any atom is -0.492 e. The van der Waals surface area contributed by atoms with Crippen molar-refractivity contribution in [3.05, 3.63) is 40.3 Å². The standard InChI is InChI=1S/C15H19N3O2S/c1-3-5-10-8-14(19)18-15(17-10)21-11-6-7-12(16)13(9-11)20-4-2/h6-9H,3-5,16H2,1-2H3,(H,17,18,19). The van der Waals surface area contributed by atoms with Crippen molar-refractivity contribution in [2.45, 2.75) is 36.7 Å². The third-order valence-corrected chi connectivity index (χ3v) is 3.65. The van der Waals surface area contributed by atoms with E-state index in [0.29, 0.717) is 23.2 Å². The number of nitrogen functional groups attached to an aromatic ring is 1. The SMILES string of the molecule is CCCc1cc(=O)[nH]c(Sc2ccc(N)c(OCC)c2)n1. The van der Waals surface area contributed by atoms with Crippen LogP contribution in [0.3, 0.4) is 0 Å². The number of aromatic amines is 1. The zero-order chi connectivity index (χ0) is 15.2. The van der Waals surface area contributed by atoms with Gasteiger partial charge in [-0.15, -0.1) is 0 Å². The van der Waals surface area contributed by atoms with Crippen molar-refractivity contribution < 1.29 is 4.74 Å².